The van der Waals surface area contributed by atoms with E-state index in [1.54, 1.807) is 6.07 Å². The van der Waals surface area contributed by atoms with Gasteiger partial charge in [-0.05, 0) is 24.0 Å². The van der Waals surface area contributed by atoms with Crippen LogP contribution < -0.4 is 0 Å². The van der Waals surface area contributed by atoms with Crippen molar-refractivity contribution in [3.05, 3.63) is 71.3 Å². The van der Waals surface area contributed by atoms with Gasteiger partial charge in [-0.15, -0.1) is 0 Å². The molecule has 2 aromatic carbocycles. The molecule has 0 unspecified atom stereocenters. The Labute approximate surface area is 124 Å². The van der Waals surface area contributed by atoms with Crippen LogP contribution in [0.15, 0.2) is 54.6 Å². The van der Waals surface area contributed by atoms with E-state index < -0.39 is 5.97 Å². The number of benzene rings is 2. The van der Waals surface area contributed by atoms with Crippen molar-refractivity contribution < 1.29 is 14.7 Å². The molecule has 2 aromatic rings. The molecule has 0 aromatic heterocycles. The van der Waals surface area contributed by atoms with Crippen LogP contribution in [0, 0.1) is 0 Å². The van der Waals surface area contributed by atoms with E-state index in [0.717, 1.165) is 11.1 Å². The van der Waals surface area contributed by atoms with Gasteiger partial charge in [-0.1, -0.05) is 54.6 Å². The SMILES string of the molecule is O=C(O)CCc1ccccc1C(=O)CCc1ccccc1. The zero-order valence-corrected chi connectivity index (χ0v) is 11.8. The molecule has 0 heterocycles. The molecule has 1 N–H and O–H groups in total. The number of hydrogen-bond donors (Lipinski definition) is 1. The highest BCUT2D eigenvalue weighted by atomic mass is 16.4. The Hall–Kier alpha value is -2.42. The lowest BCUT2D eigenvalue weighted by atomic mass is 9.96. The van der Waals surface area contributed by atoms with Crippen molar-refractivity contribution in [2.24, 2.45) is 0 Å². The van der Waals surface area contributed by atoms with Crippen molar-refractivity contribution in [2.75, 3.05) is 0 Å². The molecule has 0 spiro atoms. The smallest absolute Gasteiger partial charge is 0.303 e. The van der Waals surface area contributed by atoms with Gasteiger partial charge in [0.05, 0.1) is 0 Å². The number of Topliss-reactive ketones (excluding diaryl/α,β-unsaturated/α-hetero) is 1. The molecule has 0 atom stereocenters. The van der Waals surface area contributed by atoms with E-state index in [0.29, 0.717) is 24.8 Å². The molecule has 0 saturated heterocycles. The number of carboxylic acid groups (broad SMARTS) is 1. The maximum atomic E-state index is 12.3. The predicted octanol–water partition coefficient (Wildman–Crippen LogP) is 3.52. The fourth-order valence-electron chi connectivity index (χ4n) is 2.29. The Balaban J connectivity index is 2.03. The second-order valence-electron chi connectivity index (χ2n) is 4.96. The summed E-state index contributed by atoms with van der Waals surface area (Å²) in [4.78, 5) is 23.0. The third kappa shape index (κ3) is 4.56. The number of carbonyl (C=O) groups is 2. The van der Waals surface area contributed by atoms with Gasteiger partial charge in [0.1, 0.15) is 0 Å². The van der Waals surface area contributed by atoms with Crippen LogP contribution in [0.3, 0.4) is 0 Å². The number of ketones is 1. The van der Waals surface area contributed by atoms with Gasteiger partial charge in [-0.2, -0.15) is 0 Å². The van der Waals surface area contributed by atoms with Crippen LogP contribution in [0.4, 0.5) is 0 Å². The molecule has 3 nitrogen and oxygen atoms in total. The highest BCUT2D eigenvalue weighted by molar-refractivity contribution is 5.97. The summed E-state index contributed by atoms with van der Waals surface area (Å²) < 4.78 is 0. The number of aryl methyl sites for hydroxylation is 2. The average molecular weight is 282 g/mol. The lowest BCUT2D eigenvalue weighted by Crippen LogP contribution is -2.07. The van der Waals surface area contributed by atoms with Gasteiger partial charge in [0, 0.05) is 18.4 Å². The van der Waals surface area contributed by atoms with Crippen LogP contribution in [0.2, 0.25) is 0 Å². The molecule has 3 heteroatoms. The fourth-order valence-corrected chi connectivity index (χ4v) is 2.29. The molecular weight excluding hydrogens is 264 g/mol. The second-order valence-corrected chi connectivity index (χ2v) is 4.96. The number of aliphatic carboxylic acids is 1. The molecular formula is C18H18O3. The standard InChI is InChI=1S/C18H18O3/c19-17(12-10-14-6-2-1-3-7-14)16-9-5-4-8-15(16)11-13-18(20)21/h1-9H,10-13H2,(H,20,21). The molecule has 0 amide bonds. The quantitative estimate of drug-likeness (QED) is 0.790. The lowest BCUT2D eigenvalue weighted by Gasteiger charge is -2.08. The zero-order chi connectivity index (χ0) is 15.1. The fraction of sp³-hybridized carbons (Fsp3) is 0.222. The van der Waals surface area contributed by atoms with Crippen molar-refractivity contribution in [2.45, 2.75) is 25.7 Å². The molecule has 0 aliphatic rings. The Bertz CT molecular complexity index is 617. The average Bonchev–Trinajstić information content (AvgIpc) is 2.52. The molecule has 0 saturated carbocycles. The van der Waals surface area contributed by atoms with Gasteiger partial charge in [0.15, 0.2) is 5.78 Å². The first-order valence-corrected chi connectivity index (χ1v) is 7.03. The maximum absolute atomic E-state index is 12.3. The van der Waals surface area contributed by atoms with Crippen molar-refractivity contribution in [3.8, 4) is 0 Å². The molecule has 2 rings (SSSR count). The van der Waals surface area contributed by atoms with Crippen LogP contribution in [-0.2, 0) is 17.6 Å². The van der Waals surface area contributed by atoms with Gasteiger partial charge >= 0.3 is 5.97 Å². The Kier molecular flexibility index (Phi) is 5.27. The number of carboxylic acids is 1. The molecule has 0 bridgehead atoms. The van der Waals surface area contributed by atoms with Crippen molar-refractivity contribution in [1.82, 2.24) is 0 Å². The van der Waals surface area contributed by atoms with Gasteiger partial charge in [-0.3, -0.25) is 9.59 Å². The summed E-state index contributed by atoms with van der Waals surface area (Å²) in [6, 6.07) is 17.1. The summed E-state index contributed by atoms with van der Waals surface area (Å²) >= 11 is 0. The summed E-state index contributed by atoms with van der Waals surface area (Å²) in [5, 5.41) is 8.77. The van der Waals surface area contributed by atoms with E-state index in [9.17, 15) is 9.59 Å². The Morgan fingerprint density at radius 3 is 2.19 bits per heavy atom. The summed E-state index contributed by atoms with van der Waals surface area (Å²) in [6.07, 6.45) is 1.58. The molecule has 0 aliphatic carbocycles. The van der Waals surface area contributed by atoms with Gasteiger partial charge in [-0.25, -0.2) is 0 Å². The molecule has 0 fully saturated rings. The zero-order valence-electron chi connectivity index (χ0n) is 11.8. The number of carbonyl (C=O) groups excluding carboxylic acids is 1. The van der Waals surface area contributed by atoms with Gasteiger partial charge in [0.2, 0.25) is 0 Å². The molecule has 108 valence electrons. The Morgan fingerprint density at radius 2 is 1.48 bits per heavy atom. The third-order valence-corrected chi connectivity index (χ3v) is 3.41. The van der Waals surface area contributed by atoms with E-state index in [4.69, 9.17) is 5.11 Å². The predicted molar refractivity (Wildman–Crippen MR) is 81.5 cm³/mol. The minimum Gasteiger partial charge on any atom is -0.481 e. The minimum absolute atomic E-state index is 0.0446. The normalized spacial score (nSPS) is 10.3. The molecule has 21 heavy (non-hydrogen) atoms. The van der Waals surface area contributed by atoms with E-state index in [-0.39, 0.29) is 12.2 Å². The van der Waals surface area contributed by atoms with Gasteiger partial charge < -0.3 is 5.11 Å². The Morgan fingerprint density at radius 1 is 0.810 bits per heavy atom. The maximum Gasteiger partial charge on any atom is 0.303 e. The van der Waals surface area contributed by atoms with Crippen molar-refractivity contribution in [3.63, 3.8) is 0 Å². The number of hydrogen-bond acceptors (Lipinski definition) is 2. The third-order valence-electron chi connectivity index (χ3n) is 3.41. The molecule has 0 aliphatic heterocycles. The van der Waals surface area contributed by atoms with Gasteiger partial charge in [0.25, 0.3) is 0 Å². The second kappa shape index (κ2) is 7.39. The summed E-state index contributed by atoms with van der Waals surface area (Å²) in [7, 11) is 0. The van der Waals surface area contributed by atoms with Crippen LogP contribution in [0.25, 0.3) is 0 Å². The van der Waals surface area contributed by atoms with Crippen LogP contribution in [0.5, 0.6) is 0 Å². The summed E-state index contributed by atoms with van der Waals surface area (Å²) in [5.41, 5.74) is 2.60. The van der Waals surface area contributed by atoms with E-state index in [1.165, 1.54) is 0 Å². The van der Waals surface area contributed by atoms with Crippen LogP contribution in [-0.4, -0.2) is 16.9 Å². The first-order chi connectivity index (χ1) is 10.2. The highest BCUT2D eigenvalue weighted by Gasteiger charge is 2.11. The largest absolute Gasteiger partial charge is 0.481 e. The van der Waals surface area contributed by atoms with Crippen molar-refractivity contribution in [1.29, 1.82) is 0 Å². The van der Waals surface area contributed by atoms with E-state index in [1.807, 2.05) is 48.5 Å². The first kappa shape index (κ1) is 15.0. The first-order valence-electron chi connectivity index (χ1n) is 7.03. The number of rotatable bonds is 7. The summed E-state index contributed by atoms with van der Waals surface area (Å²) in [6.45, 7) is 0. The van der Waals surface area contributed by atoms with Crippen molar-refractivity contribution >= 4 is 11.8 Å². The van der Waals surface area contributed by atoms with E-state index >= 15 is 0 Å². The molecule has 0 radical (unpaired) electrons. The lowest BCUT2D eigenvalue weighted by molar-refractivity contribution is -0.136. The van der Waals surface area contributed by atoms with E-state index in [2.05, 4.69) is 0 Å². The highest BCUT2D eigenvalue weighted by Crippen LogP contribution is 2.15. The summed E-state index contributed by atoms with van der Waals surface area (Å²) in [5.74, 6) is -0.777. The monoisotopic (exact) mass is 282 g/mol. The minimum atomic E-state index is -0.846. The van der Waals surface area contributed by atoms with Crippen LogP contribution >= 0.6 is 0 Å². The van der Waals surface area contributed by atoms with Crippen LogP contribution in [0.1, 0.15) is 34.3 Å². The topological polar surface area (TPSA) is 54.4 Å².